The SMILES string of the molecule is CC(C)c1ccc(Cn2c(C(=O)NCc3nc4ccccc4[nH]3)c(CC(=O)O)c3ccccc32)cc1. The summed E-state index contributed by atoms with van der Waals surface area (Å²) in [5, 5.41) is 13.4. The summed E-state index contributed by atoms with van der Waals surface area (Å²) in [6.45, 7) is 4.95. The van der Waals surface area contributed by atoms with Crippen molar-refractivity contribution >= 4 is 33.8 Å². The number of hydrogen-bond donors (Lipinski definition) is 3. The van der Waals surface area contributed by atoms with E-state index in [0.29, 0.717) is 29.5 Å². The number of carboxylic acid groups (broad SMARTS) is 1. The molecular weight excluding hydrogens is 452 g/mol. The van der Waals surface area contributed by atoms with Crippen LogP contribution in [0.5, 0.6) is 0 Å². The van der Waals surface area contributed by atoms with E-state index in [0.717, 1.165) is 27.5 Å². The minimum atomic E-state index is -0.981. The van der Waals surface area contributed by atoms with E-state index in [1.807, 2.05) is 53.1 Å². The smallest absolute Gasteiger partial charge is 0.307 e. The van der Waals surface area contributed by atoms with Crippen molar-refractivity contribution in [3.8, 4) is 0 Å². The molecule has 2 aromatic heterocycles. The summed E-state index contributed by atoms with van der Waals surface area (Å²) in [5.74, 6) is -0.253. The van der Waals surface area contributed by atoms with Crippen molar-refractivity contribution in [1.29, 1.82) is 0 Å². The Morgan fingerprint density at radius 1 is 1.00 bits per heavy atom. The molecule has 0 saturated carbocycles. The number of H-pyrrole nitrogens is 1. The fourth-order valence-corrected chi connectivity index (χ4v) is 4.66. The Hall–Kier alpha value is -4.39. The fraction of sp³-hybridized carbons (Fsp3) is 0.207. The zero-order chi connectivity index (χ0) is 25.2. The maximum atomic E-state index is 13.6. The largest absolute Gasteiger partial charge is 0.481 e. The number of hydrogen-bond acceptors (Lipinski definition) is 3. The zero-order valence-corrected chi connectivity index (χ0v) is 20.3. The maximum absolute atomic E-state index is 13.6. The number of fused-ring (bicyclic) bond motifs is 2. The highest BCUT2D eigenvalue weighted by Crippen LogP contribution is 2.28. The predicted molar refractivity (Wildman–Crippen MR) is 140 cm³/mol. The molecule has 3 N–H and O–H groups in total. The highest BCUT2D eigenvalue weighted by molar-refractivity contribution is 6.03. The van der Waals surface area contributed by atoms with E-state index >= 15 is 0 Å². The lowest BCUT2D eigenvalue weighted by atomic mass is 10.0. The Morgan fingerprint density at radius 2 is 1.72 bits per heavy atom. The number of imidazole rings is 1. The van der Waals surface area contributed by atoms with Crippen molar-refractivity contribution in [1.82, 2.24) is 19.9 Å². The molecule has 5 aromatic rings. The Morgan fingerprint density at radius 3 is 2.44 bits per heavy atom. The van der Waals surface area contributed by atoms with Gasteiger partial charge in [-0.15, -0.1) is 0 Å². The average molecular weight is 481 g/mol. The van der Waals surface area contributed by atoms with Gasteiger partial charge in [0.2, 0.25) is 0 Å². The molecule has 0 fully saturated rings. The molecule has 0 radical (unpaired) electrons. The van der Waals surface area contributed by atoms with Gasteiger partial charge in [0.1, 0.15) is 11.5 Å². The Bertz CT molecular complexity index is 1530. The number of aromatic nitrogens is 3. The monoisotopic (exact) mass is 480 g/mol. The molecule has 1 amide bonds. The van der Waals surface area contributed by atoms with Crippen LogP contribution in [0.25, 0.3) is 21.9 Å². The summed E-state index contributed by atoms with van der Waals surface area (Å²) in [4.78, 5) is 33.1. The van der Waals surface area contributed by atoms with Crippen LogP contribution in [0, 0.1) is 0 Å². The van der Waals surface area contributed by atoms with Crippen molar-refractivity contribution in [3.05, 3.63) is 101 Å². The molecule has 5 rings (SSSR count). The third-order valence-electron chi connectivity index (χ3n) is 6.46. The molecule has 0 aliphatic rings. The van der Waals surface area contributed by atoms with E-state index in [-0.39, 0.29) is 18.9 Å². The third kappa shape index (κ3) is 4.60. The van der Waals surface area contributed by atoms with Crippen molar-refractivity contribution in [2.45, 2.75) is 39.3 Å². The van der Waals surface area contributed by atoms with E-state index < -0.39 is 5.97 Å². The molecule has 0 atom stereocenters. The molecule has 182 valence electrons. The first kappa shape index (κ1) is 23.4. The minimum Gasteiger partial charge on any atom is -0.481 e. The highest BCUT2D eigenvalue weighted by Gasteiger charge is 2.24. The molecule has 0 aliphatic heterocycles. The van der Waals surface area contributed by atoms with Gasteiger partial charge in [-0.25, -0.2) is 4.98 Å². The van der Waals surface area contributed by atoms with Gasteiger partial charge in [0.25, 0.3) is 5.91 Å². The van der Waals surface area contributed by atoms with Gasteiger partial charge in [-0.1, -0.05) is 68.4 Å². The lowest BCUT2D eigenvalue weighted by Crippen LogP contribution is -2.27. The van der Waals surface area contributed by atoms with Crippen LogP contribution in [0.3, 0.4) is 0 Å². The quantitative estimate of drug-likeness (QED) is 0.283. The fourth-order valence-electron chi connectivity index (χ4n) is 4.66. The van der Waals surface area contributed by atoms with Crippen LogP contribution in [-0.4, -0.2) is 31.5 Å². The molecule has 0 spiro atoms. The summed E-state index contributed by atoms with van der Waals surface area (Å²) >= 11 is 0. The van der Waals surface area contributed by atoms with E-state index in [1.165, 1.54) is 5.56 Å². The zero-order valence-electron chi connectivity index (χ0n) is 20.3. The van der Waals surface area contributed by atoms with Gasteiger partial charge < -0.3 is 20.0 Å². The number of carbonyl (C=O) groups excluding carboxylic acids is 1. The average Bonchev–Trinajstić information content (AvgIpc) is 3.42. The summed E-state index contributed by atoms with van der Waals surface area (Å²) in [6, 6.07) is 23.6. The normalized spacial score (nSPS) is 11.4. The summed E-state index contributed by atoms with van der Waals surface area (Å²) < 4.78 is 1.92. The molecule has 7 nitrogen and oxygen atoms in total. The van der Waals surface area contributed by atoms with Gasteiger partial charge in [0.05, 0.1) is 24.0 Å². The second kappa shape index (κ2) is 9.70. The van der Waals surface area contributed by atoms with Crippen molar-refractivity contribution in [2.24, 2.45) is 0 Å². The summed E-state index contributed by atoms with van der Waals surface area (Å²) in [7, 11) is 0. The Kier molecular flexibility index (Phi) is 6.29. The van der Waals surface area contributed by atoms with Gasteiger partial charge in [-0.05, 0) is 35.2 Å². The van der Waals surface area contributed by atoms with Crippen molar-refractivity contribution in [2.75, 3.05) is 0 Å². The van der Waals surface area contributed by atoms with Crippen LogP contribution in [0.1, 0.15) is 52.8 Å². The Balaban J connectivity index is 1.52. The minimum absolute atomic E-state index is 0.199. The molecule has 0 saturated heterocycles. The number of aromatic amines is 1. The Labute approximate surface area is 208 Å². The number of nitrogens with one attached hydrogen (secondary N) is 2. The van der Waals surface area contributed by atoms with Gasteiger partial charge in [-0.2, -0.15) is 0 Å². The van der Waals surface area contributed by atoms with E-state index in [4.69, 9.17) is 0 Å². The molecule has 0 aliphatic carbocycles. The van der Waals surface area contributed by atoms with Crippen LogP contribution >= 0.6 is 0 Å². The lowest BCUT2D eigenvalue weighted by molar-refractivity contribution is -0.136. The summed E-state index contributed by atoms with van der Waals surface area (Å²) in [6.07, 6.45) is -0.243. The molecule has 3 aromatic carbocycles. The molecule has 0 unspecified atom stereocenters. The van der Waals surface area contributed by atoms with Crippen LogP contribution in [0.4, 0.5) is 0 Å². The molecule has 0 bridgehead atoms. The van der Waals surface area contributed by atoms with Gasteiger partial charge in [-0.3, -0.25) is 9.59 Å². The maximum Gasteiger partial charge on any atom is 0.307 e. The van der Waals surface area contributed by atoms with E-state index in [2.05, 4.69) is 53.4 Å². The van der Waals surface area contributed by atoms with Gasteiger partial charge in [0.15, 0.2) is 0 Å². The second-order valence-electron chi connectivity index (χ2n) is 9.28. The van der Waals surface area contributed by atoms with Crippen LogP contribution in [0.15, 0.2) is 72.8 Å². The number of benzene rings is 3. The number of rotatable bonds is 8. The van der Waals surface area contributed by atoms with E-state index in [9.17, 15) is 14.7 Å². The number of amides is 1. The molecule has 36 heavy (non-hydrogen) atoms. The predicted octanol–water partition coefficient (Wildman–Crippen LogP) is 5.25. The third-order valence-corrected chi connectivity index (χ3v) is 6.46. The first-order valence-electron chi connectivity index (χ1n) is 12.0. The number of nitrogens with zero attached hydrogens (tertiary/aromatic N) is 2. The second-order valence-corrected chi connectivity index (χ2v) is 9.28. The van der Waals surface area contributed by atoms with Gasteiger partial charge >= 0.3 is 5.97 Å². The lowest BCUT2D eigenvalue weighted by Gasteiger charge is -2.13. The molecule has 7 heteroatoms. The molecule has 2 heterocycles. The molecular formula is C29H28N4O3. The van der Waals surface area contributed by atoms with Crippen molar-refractivity contribution in [3.63, 3.8) is 0 Å². The number of aliphatic carboxylic acids is 1. The topological polar surface area (TPSA) is 100 Å². The highest BCUT2D eigenvalue weighted by atomic mass is 16.4. The number of carbonyl (C=O) groups is 2. The van der Waals surface area contributed by atoms with E-state index in [1.54, 1.807) is 0 Å². The first-order valence-corrected chi connectivity index (χ1v) is 12.0. The number of carboxylic acids is 1. The van der Waals surface area contributed by atoms with Crippen molar-refractivity contribution < 1.29 is 14.7 Å². The van der Waals surface area contributed by atoms with Gasteiger partial charge in [0, 0.05) is 23.0 Å². The van der Waals surface area contributed by atoms with Crippen LogP contribution < -0.4 is 5.32 Å². The summed E-state index contributed by atoms with van der Waals surface area (Å²) in [5.41, 5.74) is 5.71. The number of para-hydroxylation sites is 3. The van der Waals surface area contributed by atoms with Crippen LogP contribution in [-0.2, 0) is 24.3 Å². The van der Waals surface area contributed by atoms with Crippen LogP contribution in [0.2, 0.25) is 0 Å². The standard InChI is InChI=1S/C29H28N4O3/c1-18(2)20-13-11-19(12-14-20)17-33-25-10-6-3-7-21(25)22(15-27(34)35)28(33)29(36)30-16-26-31-23-8-4-5-9-24(23)32-26/h3-14,18H,15-17H2,1-2H3,(H,30,36)(H,31,32)(H,34,35). The first-order chi connectivity index (χ1) is 17.4.